The summed E-state index contributed by atoms with van der Waals surface area (Å²) >= 11 is 6.55. The Morgan fingerprint density at radius 2 is 1.58 bits per heavy atom. The molecule has 3 fully saturated rings. The molecule has 1 saturated heterocycles. The number of amides is 5. The zero-order valence-electron chi connectivity index (χ0n) is 33.8. The molecule has 0 radical (unpaired) electrons. The molecule has 0 spiro atoms. The number of carbonyl (C=O) groups is 5. The van der Waals surface area contributed by atoms with E-state index in [9.17, 15) is 24.0 Å². The zero-order chi connectivity index (χ0) is 42.0. The van der Waals surface area contributed by atoms with Gasteiger partial charge in [0.25, 0.3) is 11.8 Å². The van der Waals surface area contributed by atoms with Crippen molar-refractivity contribution in [3.8, 4) is 11.3 Å². The van der Waals surface area contributed by atoms with Gasteiger partial charge in [0.2, 0.25) is 23.7 Å². The van der Waals surface area contributed by atoms with Gasteiger partial charge in [-0.05, 0) is 69.4 Å². The average molecular weight is 849 g/mol. The number of anilines is 2. The van der Waals surface area contributed by atoms with Gasteiger partial charge in [-0.1, -0.05) is 17.7 Å². The lowest BCUT2D eigenvalue weighted by atomic mass is 9.91. The van der Waals surface area contributed by atoms with E-state index < -0.39 is 29.7 Å². The van der Waals surface area contributed by atoms with Crippen molar-refractivity contribution in [3.05, 3.63) is 52.4 Å². The minimum atomic E-state index is -1.02. The lowest BCUT2D eigenvalue weighted by molar-refractivity contribution is -0.136. The van der Waals surface area contributed by atoms with Gasteiger partial charge in [0, 0.05) is 55.6 Å². The quantitative estimate of drug-likeness (QED) is 0.0725. The molecule has 18 nitrogen and oxygen atoms in total. The van der Waals surface area contributed by atoms with Crippen molar-refractivity contribution in [2.45, 2.75) is 75.9 Å². The van der Waals surface area contributed by atoms with Crippen LogP contribution in [0.25, 0.3) is 11.3 Å². The summed E-state index contributed by atoms with van der Waals surface area (Å²) in [7, 11) is 1.96. The second-order valence-electron chi connectivity index (χ2n) is 15.5. The fourth-order valence-electron chi connectivity index (χ4n) is 7.77. The minimum absolute atomic E-state index is 0.0599. The minimum Gasteiger partial charge on any atom is -0.382 e. The van der Waals surface area contributed by atoms with Crippen LogP contribution in [0.4, 0.5) is 11.6 Å². The van der Waals surface area contributed by atoms with Crippen molar-refractivity contribution < 1.29 is 38.2 Å². The first-order chi connectivity index (χ1) is 29.2. The summed E-state index contributed by atoms with van der Waals surface area (Å²) in [6.07, 6.45) is 10.9. The van der Waals surface area contributed by atoms with Crippen LogP contribution in [-0.4, -0.2) is 132 Å². The Hall–Kier alpha value is -5.01. The Morgan fingerprint density at radius 3 is 2.32 bits per heavy atom. The molecule has 0 bridgehead atoms. The maximum Gasteiger partial charge on any atom is 0.264 e. The molecule has 2 aliphatic carbocycles. The van der Waals surface area contributed by atoms with E-state index in [0.29, 0.717) is 81.0 Å². The van der Waals surface area contributed by atoms with Crippen LogP contribution in [0, 0.1) is 5.92 Å². The Kier molecular flexibility index (Phi) is 14.7. The van der Waals surface area contributed by atoms with E-state index in [4.69, 9.17) is 30.8 Å². The first-order valence-electron chi connectivity index (χ1n) is 20.8. The van der Waals surface area contributed by atoms with Crippen LogP contribution in [0.3, 0.4) is 0 Å². The molecule has 3 aromatic rings. The van der Waals surface area contributed by atoms with E-state index in [1.54, 1.807) is 24.4 Å². The summed E-state index contributed by atoms with van der Waals surface area (Å²) in [6.45, 7) is 3.17. The number of halogens is 1. The fourth-order valence-corrected chi connectivity index (χ4v) is 7.97. The van der Waals surface area contributed by atoms with E-state index in [0.717, 1.165) is 48.3 Å². The Balaban J connectivity index is 0.688. The molecule has 2 saturated carbocycles. The maximum atomic E-state index is 13.2. The SMILES string of the molecule is Cn1ncc(-c2nc(N[C@H]3CC[C@H](NCC(=O)NCCOCCOCCOCCNc4cccc5c4C(=O)N(C4CCC(=O)NC4=O)C5=O)CC3)ncc2Cl)c1CC1CC1. The molecule has 1 aromatic carbocycles. The molecule has 19 heteroatoms. The molecule has 4 heterocycles. The number of fused-ring (bicyclic) bond motifs is 1. The van der Waals surface area contributed by atoms with E-state index in [-0.39, 0.29) is 48.5 Å². The van der Waals surface area contributed by atoms with Crippen molar-refractivity contribution >= 4 is 52.8 Å². The number of piperidine rings is 1. The Labute approximate surface area is 353 Å². The van der Waals surface area contributed by atoms with E-state index >= 15 is 0 Å². The molecule has 2 aromatic heterocycles. The van der Waals surface area contributed by atoms with Gasteiger partial charge in [-0.15, -0.1) is 0 Å². The number of aromatic nitrogens is 4. The smallest absolute Gasteiger partial charge is 0.264 e. The van der Waals surface area contributed by atoms with Crippen molar-refractivity contribution in [1.29, 1.82) is 0 Å². The molecular weight excluding hydrogens is 796 g/mol. The molecular formula is C41H53ClN10O8. The van der Waals surface area contributed by atoms with Crippen LogP contribution in [-0.2, 0) is 42.1 Å². The van der Waals surface area contributed by atoms with Gasteiger partial charge in [-0.25, -0.2) is 9.97 Å². The summed E-state index contributed by atoms with van der Waals surface area (Å²) in [5, 5.41) is 20.1. The summed E-state index contributed by atoms with van der Waals surface area (Å²) < 4.78 is 18.7. The number of nitrogens with zero attached hydrogens (tertiary/aromatic N) is 5. The molecule has 1 atom stereocenters. The van der Waals surface area contributed by atoms with Crippen LogP contribution >= 0.6 is 11.6 Å². The third-order valence-electron chi connectivity index (χ3n) is 11.2. The number of benzene rings is 1. The molecule has 7 rings (SSSR count). The van der Waals surface area contributed by atoms with Gasteiger partial charge >= 0.3 is 0 Å². The third-order valence-corrected chi connectivity index (χ3v) is 11.5. The van der Waals surface area contributed by atoms with E-state index in [2.05, 4.69) is 36.7 Å². The molecule has 4 aliphatic rings. The number of carbonyl (C=O) groups excluding carboxylic acids is 5. The summed E-state index contributed by atoms with van der Waals surface area (Å²) in [5.74, 6) is -0.991. The first kappa shape index (κ1) is 43.1. The maximum absolute atomic E-state index is 13.2. The molecule has 1 unspecified atom stereocenters. The molecule has 5 amide bonds. The van der Waals surface area contributed by atoms with Crippen molar-refractivity contribution in [2.24, 2.45) is 13.0 Å². The Morgan fingerprint density at radius 1 is 0.867 bits per heavy atom. The van der Waals surface area contributed by atoms with Crippen molar-refractivity contribution in [3.63, 3.8) is 0 Å². The van der Waals surface area contributed by atoms with E-state index in [1.807, 2.05) is 17.9 Å². The van der Waals surface area contributed by atoms with Crippen LogP contribution < -0.4 is 26.6 Å². The summed E-state index contributed by atoms with van der Waals surface area (Å²) in [4.78, 5) is 72.7. The lowest BCUT2D eigenvalue weighted by Crippen LogP contribution is -2.54. The largest absolute Gasteiger partial charge is 0.382 e. The normalized spacial score (nSPS) is 20.3. The highest BCUT2D eigenvalue weighted by Crippen LogP contribution is 2.37. The lowest BCUT2D eigenvalue weighted by Gasteiger charge is -2.29. The number of rotatable bonds is 22. The highest BCUT2D eigenvalue weighted by Gasteiger charge is 2.45. The number of imide groups is 2. The molecule has 60 heavy (non-hydrogen) atoms. The molecule has 2 aliphatic heterocycles. The highest BCUT2D eigenvalue weighted by atomic mass is 35.5. The van der Waals surface area contributed by atoms with Crippen LogP contribution in [0.15, 0.2) is 30.6 Å². The molecule has 322 valence electrons. The van der Waals surface area contributed by atoms with Gasteiger partial charge in [0.05, 0.1) is 80.4 Å². The topological polar surface area (TPSA) is 220 Å². The summed E-state index contributed by atoms with van der Waals surface area (Å²) in [6, 6.07) is 4.38. The molecule has 5 N–H and O–H groups in total. The van der Waals surface area contributed by atoms with Gasteiger partial charge < -0.3 is 35.5 Å². The number of hydrogen-bond acceptors (Lipinski definition) is 14. The van der Waals surface area contributed by atoms with Gasteiger partial charge in [-0.3, -0.25) is 38.9 Å². The number of aryl methyl sites for hydroxylation is 1. The third kappa shape index (κ3) is 11.0. The number of ether oxygens (including phenoxy) is 3. The standard InChI is InChI=1S/C41H53ClN10O8/c1-51-33(21-25-5-6-25)29(22-47-51)37-30(42)23-46-41(50-37)48-27-9-7-26(8-10-27)45-24-35(54)44-14-16-59-18-20-60-19-17-58-15-13-43-31-4-2-3-28-36(31)40(57)52(39(28)56)32-11-12-34(53)49-38(32)55/h2-4,22-23,25-27,32,43,45H,5-21,24H2,1H3,(H,44,54)(H,46,48,50)(H,49,53,55)/t26-,27-,32?. The van der Waals surface area contributed by atoms with Gasteiger partial charge in [0.1, 0.15) is 6.04 Å². The number of nitrogens with one attached hydrogen (secondary N) is 5. The monoisotopic (exact) mass is 848 g/mol. The average Bonchev–Trinajstić information content (AvgIpc) is 3.94. The second kappa shape index (κ2) is 20.5. The fraction of sp³-hybridized carbons (Fsp3) is 0.561. The van der Waals surface area contributed by atoms with Crippen molar-refractivity contribution in [2.75, 3.05) is 69.9 Å². The zero-order valence-corrected chi connectivity index (χ0v) is 34.6. The first-order valence-corrected chi connectivity index (χ1v) is 21.2. The predicted octanol–water partition coefficient (Wildman–Crippen LogP) is 2.48. The summed E-state index contributed by atoms with van der Waals surface area (Å²) in [5.41, 5.74) is 3.72. The van der Waals surface area contributed by atoms with E-state index in [1.165, 1.54) is 12.8 Å². The van der Waals surface area contributed by atoms with Crippen LogP contribution in [0.5, 0.6) is 0 Å². The van der Waals surface area contributed by atoms with Gasteiger partial charge in [0.15, 0.2) is 0 Å². The van der Waals surface area contributed by atoms with Crippen molar-refractivity contribution in [1.82, 2.24) is 40.6 Å². The Bertz CT molecular complexity index is 2040. The van der Waals surface area contributed by atoms with Crippen LogP contribution in [0.1, 0.15) is 77.8 Å². The second-order valence-corrected chi connectivity index (χ2v) is 15.9. The number of hydrogen-bond donors (Lipinski definition) is 5. The predicted molar refractivity (Wildman–Crippen MR) is 220 cm³/mol. The highest BCUT2D eigenvalue weighted by molar-refractivity contribution is 6.33. The van der Waals surface area contributed by atoms with Gasteiger partial charge in [-0.2, -0.15) is 5.10 Å². The van der Waals surface area contributed by atoms with Crippen LogP contribution in [0.2, 0.25) is 5.02 Å².